The number of piperazine rings is 1. The van der Waals surface area contributed by atoms with E-state index in [4.69, 9.17) is 0 Å². The Morgan fingerprint density at radius 2 is 1.80 bits per heavy atom. The van der Waals surface area contributed by atoms with Crippen LogP contribution in [0.4, 0.5) is 16.2 Å². The van der Waals surface area contributed by atoms with Crippen molar-refractivity contribution in [1.82, 2.24) is 9.80 Å². The van der Waals surface area contributed by atoms with E-state index in [0.717, 1.165) is 0 Å². The van der Waals surface area contributed by atoms with E-state index < -0.39 is 0 Å². The molecule has 1 saturated heterocycles. The first-order chi connectivity index (χ1) is 9.50. The Labute approximate surface area is 117 Å². The van der Waals surface area contributed by atoms with Crippen LogP contribution in [0.2, 0.25) is 0 Å². The number of benzene rings is 1. The molecule has 0 unspecified atom stereocenters. The third kappa shape index (κ3) is 2.81. The minimum atomic E-state index is -0.368. The Kier molecular flexibility index (Phi) is 4.07. The molecule has 1 aliphatic heterocycles. The smallest absolute Gasteiger partial charge is 0.319 e. The SMILES string of the molecule is CN(C)C(=O)N1CCN(c2ccccc2[N+](=O)[O-])CC1. The standard InChI is InChI=1S/C13H18N4O3/c1-14(2)13(18)16-9-7-15(8-10-16)11-5-3-4-6-12(11)17(19)20/h3-6H,7-10H2,1-2H3. The van der Waals surface area contributed by atoms with Crippen LogP contribution in [0.5, 0.6) is 0 Å². The first-order valence-corrected chi connectivity index (χ1v) is 6.45. The summed E-state index contributed by atoms with van der Waals surface area (Å²) in [7, 11) is 3.44. The van der Waals surface area contributed by atoms with Crippen molar-refractivity contribution in [3.05, 3.63) is 34.4 Å². The normalized spacial score (nSPS) is 15.1. The molecule has 0 radical (unpaired) electrons. The molecular weight excluding hydrogens is 260 g/mol. The summed E-state index contributed by atoms with van der Waals surface area (Å²) in [4.78, 5) is 27.8. The van der Waals surface area contributed by atoms with Gasteiger partial charge in [0.2, 0.25) is 0 Å². The second-order valence-corrected chi connectivity index (χ2v) is 4.90. The molecule has 0 saturated carbocycles. The van der Waals surface area contributed by atoms with E-state index in [9.17, 15) is 14.9 Å². The average molecular weight is 278 g/mol. The lowest BCUT2D eigenvalue weighted by Gasteiger charge is -2.36. The zero-order chi connectivity index (χ0) is 14.7. The Balaban J connectivity index is 2.08. The molecule has 0 atom stereocenters. The number of nitro benzene ring substituents is 1. The van der Waals surface area contributed by atoms with Crippen LogP contribution in [0.25, 0.3) is 0 Å². The fourth-order valence-corrected chi connectivity index (χ4v) is 2.31. The van der Waals surface area contributed by atoms with E-state index in [-0.39, 0.29) is 16.6 Å². The first-order valence-electron chi connectivity index (χ1n) is 6.45. The van der Waals surface area contributed by atoms with Gasteiger partial charge in [0.05, 0.1) is 4.92 Å². The molecule has 7 heteroatoms. The highest BCUT2D eigenvalue weighted by atomic mass is 16.6. The number of amides is 2. The lowest BCUT2D eigenvalue weighted by Crippen LogP contribution is -2.51. The van der Waals surface area contributed by atoms with Gasteiger partial charge >= 0.3 is 6.03 Å². The second kappa shape index (κ2) is 5.77. The molecule has 0 aromatic heterocycles. The number of rotatable bonds is 2. The molecule has 1 aromatic rings. The molecule has 0 aliphatic carbocycles. The highest BCUT2D eigenvalue weighted by Crippen LogP contribution is 2.28. The van der Waals surface area contributed by atoms with Crippen LogP contribution < -0.4 is 4.90 Å². The summed E-state index contributed by atoms with van der Waals surface area (Å²) in [5.41, 5.74) is 0.731. The number of hydrogen-bond donors (Lipinski definition) is 0. The van der Waals surface area contributed by atoms with Crippen molar-refractivity contribution in [2.45, 2.75) is 0 Å². The van der Waals surface area contributed by atoms with E-state index in [1.165, 1.54) is 6.07 Å². The van der Waals surface area contributed by atoms with E-state index in [1.54, 1.807) is 42.1 Å². The summed E-state index contributed by atoms with van der Waals surface area (Å²) in [5, 5.41) is 11.0. The van der Waals surface area contributed by atoms with E-state index in [1.807, 2.05) is 4.90 Å². The van der Waals surface area contributed by atoms with E-state index in [2.05, 4.69) is 0 Å². The Hall–Kier alpha value is -2.31. The number of anilines is 1. The van der Waals surface area contributed by atoms with Gasteiger partial charge in [0.1, 0.15) is 5.69 Å². The van der Waals surface area contributed by atoms with Crippen molar-refractivity contribution < 1.29 is 9.72 Å². The summed E-state index contributed by atoms with van der Waals surface area (Å²) < 4.78 is 0. The second-order valence-electron chi connectivity index (χ2n) is 4.90. The van der Waals surface area contributed by atoms with Crippen molar-refractivity contribution in [2.75, 3.05) is 45.2 Å². The van der Waals surface area contributed by atoms with Crippen molar-refractivity contribution in [1.29, 1.82) is 0 Å². The molecule has 0 spiro atoms. The van der Waals surface area contributed by atoms with Crippen molar-refractivity contribution >= 4 is 17.4 Å². The highest BCUT2D eigenvalue weighted by Gasteiger charge is 2.25. The maximum absolute atomic E-state index is 11.8. The predicted octanol–water partition coefficient (Wildman–Crippen LogP) is 1.40. The molecular formula is C13H18N4O3. The molecule has 108 valence electrons. The van der Waals surface area contributed by atoms with E-state index in [0.29, 0.717) is 31.9 Å². The Bertz CT molecular complexity index is 510. The van der Waals surface area contributed by atoms with E-state index >= 15 is 0 Å². The molecule has 20 heavy (non-hydrogen) atoms. The van der Waals surface area contributed by atoms with Gasteiger partial charge in [-0.15, -0.1) is 0 Å². The maximum atomic E-state index is 11.8. The highest BCUT2D eigenvalue weighted by molar-refractivity contribution is 5.74. The number of para-hydroxylation sites is 2. The van der Waals surface area contributed by atoms with Crippen LogP contribution in [0.3, 0.4) is 0 Å². The van der Waals surface area contributed by atoms with Gasteiger partial charge in [-0.1, -0.05) is 12.1 Å². The zero-order valence-electron chi connectivity index (χ0n) is 11.7. The molecule has 0 bridgehead atoms. The van der Waals surface area contributed by atoms with Crippen LogP contribution in [0, 0.1) is 10.1 Å². The summed E-state index contributed by atoms with van der Waals surface area (Å²) >= 11 is 0. The van der Waals surface area contributed by atoms with Gasteiger partial charge in [-0.2, -0.15) is 0 Å². The zero-order valence-corrected chi connectivity index (χ0v) is 11.7. The van der Waals surface area contributed by atoms with Crippen LogP contribution in [-0.4, -0.2) is 61.0 Å². The van der Waals surface area contributed by atoms with Gasteiger partial charge in [-0.05, 0) is 6.07 Å². The number of urea groups is 1. The molecule has 2 rings (SSSR count). The number of hydrogen-bond acceptors (Lipinski definition) is 4. The largest absolute Gasteiger partial charge is 0.362 e. The summed E-state index contributed by atoms with van der Waals surface area (Å²) in [5.74, 6) is 0. The Morgan fingerprint density at radius 3 is 2.35 bits per heavy atom. The first kappa shape index (κ1) is 14.1. The van der Waals surface area contributed by atoms with Crippen LogP contribution in [0.15, 0.2) is 24.3 Å². The van der Waals surface area contributed by atoms with Crippen LogP contribution >= 0.6 is 0 Å². The third-order valence-corrected chi connectivity index (χ3v) is 3.35. The number of carbonyl (C=O) groups is 1. The molecule has 2 amide bonds. The topological polar surface area (TPSA) is 69.9 Å². The van der Waals surface area contributed by atoms with Gasteiger partial charge in [0.25, 0.3) is 5.69 Å². The maximum Gasteiger partial charge on any atom is 0.319 e. The summed E-state index contributed by atoms with van der Waals surface area (Å²) in [6, 6.07) is 6.69. The monoisotopic (exact) mass is 278 g/mol. The minimum absolute atomic E-state index is 0.0211. The fourth-order valence-electron chi connectivity index (χ4n) is 2.31. The Morgan fingerprint density at radius 1 is 1.20 bits per heavy atom. The predicted molar refractivity (Wildman–Crippen MR) is 76.0 cm³/mol. The lowest BCUT2D eigenvalue weighted by atomic mass is 10.2. The van der Waals surface area contributed by atoms with Gasteiger partial charge in [0, 0.05) is 46.3 Å². The van der Waals surface area contributed by atoms with Crippen molar-refractivity contribution in [2.24, 2.45) is 0 Å². The fraction of sp³-hybridized carbons (Fsp3) is 0.462. The number of nitrogens with zero attached hydrogens (tertiary/aromatic N) is 4. The third-order valence-electron chi connectivity index (χ3n) is 3.35. The lowest BCUT2D eigenvalue weighted by molar-refractivity contribution is -0.384. The van der Waals surface area contributed by atoms with Crippen molar-refractivity contribution in [3.8, 4) is 0 Å². The quantitative estimate of drug-likeness (QED) is 0.605. The number of carbonyl (C=O) groups excluding carboxylic acids is 1. The average Bonchev–Trinajstić information content (AvgIpc) is 2.46. The molecule has 0 N–H and O–H groups in total. The summed E-state index contributed by atoms with van der Waals surface area (Å²) in [6.07, 6.45) is 0. The van der Waals surface area contributed by atoms with Crippen LogP contribution in [-0.2, 0) is 0 Å². The molecule has 1 fully saturated rings. The van der Waals surface area contributed by atoms with Crippen LogP contribution in [0.1, 0.15) is 0 Å². The van der Waals surface area contributed by atoms with Gasteiger partial charge in [-0.25, -0.2) is 4.79 Å². The molecule has 7 nitrogen and oxygen atoms in total. The van der Waals surface area contributed by atoms with Gasteiger partial charge in [0.15, 0.2) is 0 Å². The number of nitro groups is 1. The minimum Gasteiger partial charge on any atom is -0.362 e. The van der Waals surface area contributed by atoms with Gasteiger partial charge in [-0.3, -0.25) is 10.1 Å². The molecule has 1 aromatic carbocycles. The van der Waals surface area contributed by atoms with Crippen molar-refractivity contribution in [3.63, 3.8) is 0 Å². The van der Waals surface area contributed by atoms with Gasteiger partial charge < -0.3 is 14.7 Å². The molecule has 1 aliphatic rings. The summed E-state index contributed by atoms with van der Waals surface area (Å²) in [6.45, 7) is 2.35. The molecule has 1 heterocycles.